The fourth-order valence-electron chi connectivity index (χ4n) is 2.95. The van der Waals surface area contributed by atoms with E-state index in [1.54, 1.807) is 11.3 Å². The van der Waals surface area contributed by atoms with E-state index in [0.717, 1.165) is 18.1 Å². The Morgan fingerprint density at radius 2 is 2.30 bits per heavy atom. The zero-order chi connectivity index (χ0) is 14.1. The van der Waals surface area contributed by atoms with Gasteiger partial charge in [-0.15, -0.1) is 11.3 Å². The molecule has 4 nitrogen and oxygen atoms in total. The van der Waals surface area contributed by atoms with Gasteiger partial charge in [0, 0.05) is 50.5 Å². The Morgan fingerprint density at radius 3 is 2.95 bits per heavy atom. The number of benzene rings is 1. The second kappa shape index (κ2) is 5.52. The molecule has 0 fully saturated rings. The van der Waals surface area contributed by atoms with Crippen molar-refractivity contribution in [2.24, 2.45) is 5.73 Å². The molecular formula is C15H20N4S. The second-order valence-corrected chi connectivity index (χ2v) is 6.30. The van der Waals surface area contributed by atoms with E-state index in [9.17, 15) is 0 Å². The molecule has 0 saturated heterocycles. The van der Waals surface area contributed by atoms with E-state index in [2.05, 4.69) is 47.1 Å². The van der Waals surface area contributed by atoms with Crippen molar-refractivity contribution in [2.45, 2.75) is 19.1 Å². The van der Waals surface area contributed by atoms with E-state index in [-0.39, 0.29) is 0 Å². The number of aromatic nitrogens is 1. The highest BCUT2D eigenvalue weighted by atomic mass is 32.1. The van der Waals surface area contributed by atoms with Gasteiger partial charge in [0.2, 0.25) is 0 Å². The molecule has 0 radical (unpaired) electrons. The first-order valence-corrected chi connectivity index (χ1v) is 7.70. The predicted molar refractivity (Wildman–Crippen MR) is 83.9 cm³/mol. The highest BCUT2D eigenvalue weighted by Gasteiger charge is 2.31. The lowest BCUT2D eigenvalue weighted by Gasteiger charge is -2.22. The van der Waals surface area contributed by atoms with Crippen LogP contribution in [0.1, 0.15) is 22.2 Å². The van der Waals surface area contributed by atoms with Gasteiger partial charge in [0.1, 0.15) is 5.01 Å². The summed E-state index contributed by atoms with van der Waals surface area (Å²) in [6, 6.07) is 6.82. The molecule has 2 aromatic rings. The number of hydrogen-bond acceptors (Lipinski definition) is 5. The molecule has 2 N–H and O–H groups in total. The Bertz CT molecular complexity index is 580. The van der Waals surface area contributed by atoms with E-state index in [1.165, 1.54) is 16.8 Å². The summed E-state index contributed by atoms with van der Waals surface area (Å²) in [6.07, 6.45) is 1.87. The third kappa shape index (κ3) is 2.32. The van der Waals surface area contributed by atoms with Crippen molar-refractivity contribution in [1.29, 1.82) is 0 Å². The third-order valence-corrected chi connectivity index (χ3v) is 4.64. The van der Waals surface area contributed by atoms with E-state index < -0.39 is 0 Å². The van der Waals surface area contributed by atoms with Gasteiger partial charge < -0.3 is 10.6 Å². The van der Waals surface area contributed by atoms with Crippen LogP contribution in [-0.2, 0) is 13.1 Å². The largest absolute Gasteiger partial charge is 0.377 e. The standard InChI is InChI=1S/C15H20N4S/c1-18(2)13-5-3-4-11-12(13)9-19(14(11)8-16)10-15-17-6-7-20-15/h3-7,14H,8-10,16H2,1-2H3. The van der Waals surface area contributed by atoms with E-state index in [4.69, 9.17) is 5.73 Å². The third-order valence-electron chi connectivity index (χ3n) is 3.88. The average Bonchev–Trinajstić information content (AvgIpc) is 3.05. The minimum Gasteiger partial charge on any atom is -0.377 e. The number of nitrogens with two attached hydrogens (primary N) is 1. The van der Waals surface area contributed by atoms with Crippen LogP contribution in [0.5, 0.6) is 0 Å². The Hall–Kier alpha value is -1.43. The molecule has 0 amide bonds. The summed E-state index contributed by atoms with van der Waals surface area (Å²) in [7, 11) is 4.19. The molecule has 1 aliphatic heterocycles. The number of thiazole rings is 1. The minimum atomic E-state index is 0.300. The van der Waals surface area contributed by atoms with Gasteiger partial charge in [-0.2, -0.15) is 0 Å². The number of rotatable bonds is 4. The lowest BCUT2D eigenvalue weighted by atomic mass is 10.0. The molecule has 0 bridgehead atoms. The van der Waals surface area contributed by atoms with Gasteiger partial charge in [-0.25, -0.2) is 4.98 Å². The lowest BCUT2D eigenvalue weighted by Crippen LogP contribution is -2.27. The maximum absolute atomic E-state index is 6.02. The van der Waals surface area contributed by atoms with E-state index in [0.29, 0.717) is 12.6 Å². The van der Waals surface area contributed by atoms with Crippen molar-refractivity contribution in [3.63, 3.8) is 0 Å². The number of anilines is 1. The summed E-state index contributed by atoms with van der Waals surface area (Å²) >= 11 is 1.71. The second-order valence-electron chi connectivity index (χ2n) is 5.32. The Labute approximate surface area is 123 Å². The maximum atomic E-state index is 6.02. The summed E-state index contributed by atoms with van der Waals surface area (Å²) in [5.74, 6) is 0. The topological polar surface area (TPSA) is 45.4 Å². The number of hydrogen-bond donors (Lipinski definition) is 1. The minimum absolute atomic E-state index is 0.300. The van der Waals surface area contributed by atoms with Gasteiger partial charge in [0.25, 0.3) is 0 Å². The summed E-state index contributed by atoms with van der Waals surface area (Å²) < 4.78 is 0. The smallest absolute Gasteiger partial charge is 0.107 e. The van der Waals surface area contributed by atoms with Crippen LogP contribution in [0.3, 0.4) is 0 Å². The molecule has 106 valence electrons. The van der Waals surface area contributed by atoms with Crippen LogP contribution in [0.4, 0.5) is 5.69 Å². The normalized spacial score (nSPS) is 18.2. The van der Waals surface area contributed by atoms with Crippen LogP contribution in [0.25, 0.3) is 0 Å². The summed E-state index contributed by atoms with van der Waals surface area (Å²) in [4.78, 5) is 9.00. The molecule has 3 rings (SSSR count). The highest BCUT2D eigenvalue weighted by Crippen LogP contribution is 2.38. The molecule has 1 aromatic heterocycles. The quantitative estimate of drug-likeness (QED) is 0.937. The summed E-state index contributed by atoms with van der Waals surface area (Å²) in [5.41, 5.74) is 10.1. The highest BCUT2D eigenvalue weighted by molar-refractivity contribution is 7.09. The summed E-state index contributed by atoms with van der Waals surface area (Å²) in [6.45, 7) is 2.47. The first kappa shape index (κ1) is 13.5. The molecule has 5 heteroatoms. The predicted octanol–water partition coefficient (Wildman–Crippen LogP) is 2.22. The molecule has 0 aliphatic carbocycles. The SMILES string of the molecule is CN(C)c1cccc2c1CN(Cc1nccs1)C2CN. The molecule has 1 aliphatic rings. The summed E-state index contributed by atoms with van der Waals surface area (Å²) in [5, 5.41) is 3.18. The molecule has 0 spiro atoms. The number of fused-ring (bicyclic) bond motifs is 1. The van der Waals surface area contributed by atoms with Gasteiger partial charge in [-0.3, -0.25) is 4.90 Å². The molecule has 1 unspecified atom stereocenters. The van der Waals surface area contributed by atoms with Crippen LogP contribution in [-0.4, -0.2) is 30.5 Å². The van der Waals surface area contributed by atoms with Gasteiger partial charge in [0.15, 0.2) is 0 Å². The van der Waals surface area contributed by atoms with Gasteiger partial charge in [-0.05, 0) is 17.2 Å². The molecule has 20 heavy (non-hydrogen) atoms. The lowest BCUT2D eigenvalue weighted by molar-refractivity contribution is 0.211. The van der Waals surface area contributed by atoms with Crippen molar-refractivity contribution in [3.8, 4) is 0 Å². The van der Waals surface area contributed by atoms with Crippen molar-refractivity contribution in [2.75, 3.05) is 25.5 Å². The van der Waals surface area contributed by atoms with Crippen LogP contribution in [0, 0.1) is 0 Å². The molecule has 1 aromatic carbocycles. The first-order chi connectivity index (χ1) is 9.70. The van der Waals surface area contributed by atoms with E-state index >= 15 is 0 Å². The fraction of sp³-hybridized carbons (Fsp3) is 0.400. The van der Waals surface area contributed by atoms with Crippen molar-refractivity contribution >= 4 is 17.0 Å². The molecule has 1 atom stereocenters. The average molecular weight is 288 g/mol. The number of nitrogens with zero attached hydrogens (tertiary/aromatic N) is 3. The Balaban J connectivity index is 1.92. The van der Waals surface area contributed by atoms with Crippen LogP contribution >= 0.6 is 11.3 Å². The molecule has 2 heterocycles. The Kier molecular flexibility index (Phi) is 3.74. The van der Waals surface area contributed by atoms with Gasteiger partial charge >= 0.3 is 0 Å². The van der Waals surface area contributed by atoms with Gasteiger partial charge in [0.05, 0.1) is 6.54 Å². The van der Waals surface area contributed by atoms with Crippen molar-refractivity contribution in [1.82, 2.24) is 9.88 Å². The van der Waals surface area contributed by atoms with Crippen molar-refractivity contribution < 1.29 is 0 Å². The Morgan fingerprint density at radius 1 is 1.45 bits per heavy atom. The zero-order valence-electron chi connectivity index (χ0n) is 11.9. The van der Waals surface area contributed by atoms with Crippen molar-refractivity contribution in [3.05, 3.63) is 45.9 Å². The fourth-order valence-corrected chi connectivity index (χ4v) is 3.59. The first-order valence-electron chi connectivity index (χ1n) is 6.82. The monoisotopic (exact) mass is 288 g/mol. The zero-order valence-corrected chi connectivity index (χ0v) is 12.7. The molecule has 0 saturated carbocycles. The van der Waals surface area contributed by atoms with Crippen LogP contribution in [0.15, 0.2) is 29.8 Å². The van der Waals surface area contributed by atoms with Gasteiger partial charge in [-0.1, -0.05) is 12.1 Å². The van der Waals surface area contributed by atoms with Crippen LogP contribution < -0.4 is 10.6 Å². The van der Waals surface area contributed by atoms with Crippen LogP contribution in [0.2, 0.25) is 0 Å². The maximum Gasteiger partial charge on any atom is 0.107 e. The van der Waals surface area contributed by atoms with E-state index in [1.807, 2.05) is 11.6 Å². The molecular weight excluding hydrogens is 268 g/mol.